The van der Waals surface area contributed by atoms with E-state index < -0.39 is 12.1 Å². The molecule has 7 rings (SSSR count). The highest BCUT2D eigenvalue weighted by atomic mass is 16.5. The Balaban J connectivity index is 1.21. The van der Waals surface area contributed by atoms with Crippen molar-refractivity contribution in [2.24, 2.45) is 17.3 Å². The summed E-state index contributed by atoms with van der Waals surface area (Å²) in [7, 11) is 0. The Labute approximate surface area is 240 Å². The second kappa shape index (κ2) is 10.7. The maximum Gasteiger partial charge on any atom is 0.335 e. The summed E-state index contributed by atoms with van der Waals surface area (Å²) in [5, 5.41) is 15.3. The number of rotatable bonds is 9. The van der Waals surface area contributed by atoms with Gasteiger partial charge in [-0.3, -0.25) is 9.59 Å². The third-order valence-electron chi connectivity index (χ3n) is 9.35. The lowest BCUT2D eigenvalue weighted by molar-refractivity contribution is -0.149. The SMILES string of the molecule is CC(Oc1ccccc1C12CC3CC(CC(C(=O)NCc4ccccc4)(C3)C1)C2)C(=O)Nc1cccc(C(=O)O)c1. The van der Waals surface area contributed by atoms with Gasteiger partial charge >= 0.3 is 5.97 Å². The van der Waals surface area contributed by atoms with Crippen molar-refractivity contribution in [1.82, 2.24) is 5.32 Å². The minimum atomic E-state index is -1.05. The summed E-state index contributed by atoms with van der Waals surface area (Å²) in [6.45, 7) is 2.23. The van der Waals surface area contributed by atoms with Crippen molar-refractivity contribution in [3.63, 3.8) is 0 Å². The zero-order valence-electron chi connectivity index (χ0n) is 23.3. The van der Waals surface area contributed by atoms with E-state index in [2.05, 4.69) is 16.7 Å². The van der Waals surface area contributed by atoms with E-state index in [1.807, 2.05) is 48.5 Å². The van der Waals surface area contributed by atoms with Gasteiger partial charge in [0.15, 0.2) is 6.10 Å². The van der Waals surface area contributed by atoms with Crippen LogP contribution in [-0.4, -0.2) is 29.0 Å². The number of para-hydroxylation sites is 1. The van der Waals surface area contributed by atoms with Crippen LogP contribution in [0.5, 0.6) is 5.75 Å². The molecule has 0 saturated heterocycles. The van der Waals surface area contributed by atoms with E-state index in [9.17, 15) is 19.5 Å². The van der Waals surface area contributed by atoms with Crippen molar-refractivity contribution in [3.05, 3.63) is 95.6 Å². The maximum absolute atomic E-state index is 13.8. The first-order valence-corrected chi connectivity index (χ1v) is 14.5. The highest BCUT2D eigenvalue weighted by Crippen LogP contribution is 2.66. The molecule has 4 aliphatic carbocycles. The summed E-state index contributed by atoms with van der Waals surface area (Å²) in [6, 6.07) is 24.2. The largest absolute Gasteiger partial charge is 0.481 e. The minimum absolute atomic E-state index is 0.102. The Bertz CT molecular complexity index is 1450. The second-order valence-corrected chi connectivity index (χ2v) is 12.3. The van der Waals surface area contributed by atoms with E-state index in [-0.39, 0.29) is 28.2 Å². The van der Waals surface area contributed by atoms with Gasteiger partial charge in [-0.05, 0) is 87.1 Å². The minimum Gasteiger partial charge on any atom is -0.481 e. The number of carbonyl (C=O) groups is 3. The fourth-order valence-corrected chi connectivity index (χ4v) is 8.03. The first-order chi connectivity index (χ1) is 19.8. The van der Waals surface area contributed by atoms with Gasteiger partial charge in [-0.1, -0.05) is 54.6 Å². The van der Waals surface area contributed by atoms with Gasteiger partial charge in [0.2, 0.25) is 5.91 Å². The molecule has 4 aliphatic rings. The average Bonchev–Trinajstić information content (AvgIpc) is 2.96. The van der Waals surface area contributed by atoms with E-state index in [0.29, 0.717) is 29.8 Å². The first-order valence-electron chi connectivity index (χ1n) is 14.5. The van der Waals surface area contributed by atoms with E-state index in [1.165, 1.54) is 18.6 Å². The van der Waals surface area contributed by atoms with Crippen molar-refractivity contribution >= 4 is 23.5 Å². The van der Waals surface area contributed by atoms with Gasteiger partial charge in [-0.2, -0.15) is 0 Å². The van der Waals surface area contributed by atoms with Crippen molar-refractivity contribution < 1.29 is 24.2 Å². The summed E-state index contributed by atoms with van der Waals surface area (Å²) >= 11 is 0. The Kier molecular flexibility index (Phi) is 7.06. The number of carbonyl (C=O) groups excluding carboxylic acids is 2. The van der Waals surface area contributed by atoms with Crippen LogP contribution in [-0.2, 0) is 21.5 Å². The lowest BCUT2D eigenvalue weighted by atomic mass is 9.42. The van der Waals surface area contributed by atoms with Crippen LogP contribution in [0.4, 0.5) is 5.69 Å². The molecule has 3 aromatic carbocycles. The predicted octanol–water partition coefficient (Wildman–Crippen LogP) is 5.95. The third kappa shape index (κ3) is 5.33. The zero-order chi connectivity index (χ0) is 28.6. The molecule has 0 aliphatic heterocycles. The molecule has 41 heavy (non-hydrogen) atoms. The van der Waals surface area contributed by atoms with Crippen LogP contribution >= 0.6 is 0 Å². The second-order valence-electron chi connectivity index (χ2n) is 12.3. The highest BCUT2D eigenvalue weighted by Gasteiger charge is 2.61. The van der Waals surface area contributed by atoms with Crippen molar-refractivity contribution in [2.75, 3.05) is 5.32 Å². The van der Waals surface area contributed by atoms with Crippen molar-refractivity contribution in [2.45, 2.75) is 63.5 Å². The molecule has 4 saturated carbocycles. The number of hydrogen-bond donors (Lipinski definition) is 3. The topological polar surface area (TPSA) is 105 Å². The fourth-order valence-electron chi connectivity index (χ4n) is 8.03. The molecule has 0 radical (unpaired) electrons. The smallest absolute Gasteiger partial charge is 0.335 e. The number of amides is 2. The number of carboxylic acid groups (broad SMARTS) is 1. The molecule has 3 N–H and O–H groups in total. The maximum atomic E-state index is 13.8. The number of carboxylic acids is 1. The molecule has 7 heteroatoms. The summed E-state index contributed by atoms with van der Waals surface area (Å²) in [4.78, 5) is 38.2. The van der Waals surface area contributed by atoms with Gasteiger partial charge in [0, 0.05) is 23.2 Å². The molecule has 4 bridgehead atoms. The predicted molar refractivity (Wildman–Crippen MR) is 156 cm³/mol. The molecule has 212 valence electrons. The molecule has 2 amide bonds. The van der Waals surface area contributed by atoms with E-state index in [0.717, 1.165) is 43.2 Å². The number of hydrogen-bond acceptors (Lipinski definition) is 4. The molecular formula is C34H36N2O5. The molecule has 0 spiro atoms. The summed E-state index contributed by atoms with van der Waals surface area (Å²) in [5.41, 5.74) is 2.14. The molecule has 3 aromatic rings. The molecule has 3 atom stereocenters. The molecular weight excluding hydrogens is 516 g/mol. The van der Waals surface area contributed by atoms with Crippen LogP contribution in [0.1, 0.15) is 66.9 Å². The standard InChI is InChI=1S/C34H36N2O5/c1-22(30(37)36-27-11-7-10-26(15-27)31(38)39)41-29-13-6-5-12-28(29)33-16-24-14-25(17-33)19-34(18-24,21-33)32(40)35-20-23-8-3-2-4-9-23/h2-13,15,22,24-25H,14,16-21H2,1H3,(H,35,40)(H,36,37)(H,38,39). The van der Waals surface area contributed by atoms with Crippen molar-refractivity contribution in [1.29, 1.82) is 0 Å². The molecule has 3 unspecified atom stereocenters. The Morgan fingerprint density at radius 3 is 2.37 bits per heavy atom. The summed E-state index contributed by atoms with van der Waals surface area (Å²) in [6.07, 6.45) is 5.08. The summed E-state index contributed by atoms with van der Waals surface area (Å²) in [5.74, 6) is 0.417. The number of benzene rings is 3. The Morgan fingerprint density at radius 1 is 0.927 bits per heavy atom. The van der Waals surface area contributed by atoms with Gasteiger partial charge in [0.25, 0.3) is 5.91 Å². The van der Waals surface area contributed by atoms with Crippen LogP contribution in [0, 0.1) is 17.3 Å². The van der Waals surface area contributed by atoms with Crippen LogP contribution in [0.2, 0.25) is 0 Å². The van der Waals surface area contributed by atoms with Crippen LogP contribution < -0.4 is 15.4 Å². The van der Waals surface area contributed by atoms with Crippen LogP contribution in [0.3, 0.4) is 0 Å². The number of ether oxygens (including phenoxy) is 1. The van der Waals surface area contributed by atoms with Gasteiger partial charge in [0.1, 0.15) is 5.75 Å². The van der Waals surface area contributed by atoms with Gasteiger partial charge < -0.3 is 20.5 Å². The molecule has 0 heterocycles. The lowest BCUT2D eigenvalue weighted by Gasteiger charge is -2.61. The monoisotopic (exact) mass is 552 g/mol. The van der Waals surface area contributed by atoms with Gasteiger partial charge in [-0.15, -0.1) is 0 Å². The Hall–Kier alpha value is -4.13. The number of anilines is 1. The number of nitrogens with one attached hydrogen (secondary N) is 2. The normalized spacial score (nSPS) is 26.7. The van der Waals surface area contributed by atoms with E-state index in [4.69, 9.17) is 4.74 Å². The quantitative estimate of drug-likeness (QED) is 0.305. The zero-order valence-corrected chi connectivity index (χ0v) is 23.3. The Morgan fingerprint density at radius 2 is 1.63 bits per heavy atom. The number of aromatic carboxylic acids is 1. The molecule has 7 nitrogen and oxygen atoms in total. The summed E-state index contributed by atoms with van der Waals surface area (Å²) < 4.78 is 6.32. The average molecular weight is 553 g/mol. The van der Waals surface area contributed by atoms with E-state index >= 15 is 0 Å². The lowest BCUT2D eigenvalue weighted by Crippen LogP contribution is -2.59. The van der Waals surface area contributed by atoms with Crippen LogP contribution in [0.25, 0.3) is 0 Å². The van der Waals surface area contributed by atoms with Gasteiger partial charge in [0.05, 0.1) is 11.0 Å². The highest BCUT2D eigenvalue weighted by molar-refractivity contribution is 5.96. The molecule has 0 aromatic heterocycles. The van der Waals surface area contributed by atoms with Crippen LogP contribution in [0.15, 0.2) is 78.9 Å². The van der Waals surface area contributed by atoms with Crippen molar-refractivity contribution in [3.8, 4) is 5.75 Å². The molecule has 4 fully saturated rings. The fraction of sp³-hybridized carbons (Fsp3) is 0.382. The van der Waals surface area contributed by atoms with Gasteiger partial charge in [-0.25, -0.2) is 4.79 Å². The van der Waals surface area contributed by atoms with E-state index in [1.54, 1.807) is 19.1 Å². The first kappa shape index (κ1) is 27.1. The third-order valence-corrected chi connectivity index (χ3v) is 9.35.